The second-order valence-corrected chi connectivity index (χ2v) is 5.10. The summed E-state index contributed by atoms with van der Waals surface area (Å²) in [6, 6.07) is 13.4. The maximum absolute atomic E-state index is 13.6. The van der Waals surface area contributed by atoms with Gasteiger partial charge in [0.05, 0.1) is 5.69 Å². The number of anilines is 1. The van der Waals surface area contributed by atoms with Gasteiger partial charge in [-0.25, -0.2) is 4.39 Å². The van der Waals surface area contributed by atoms with E-state index in [9.17, 15) is 9.18 Å². The fourth-order valence-electron chi connectivity index (χ4n) is 1.58. The normalized spacial score (nSPS) is 11.8. The third-order valence-electron chi connectivity index (χ3n) is 2.61. The molecule has 1 unspecified atom stereocenters. The Kier molecular flexibility index (Phi) is 4.74. The monoisotopic (exact) mass is 337 g/mol. The van der Waals surface area contributed by atoms with Crippen LogP contribution in [0.4, 0.5) is 10.1 Å². The molecule has 0 aliphatic carbocycles. The molecule has 2 rings (SSSR count). The Morgan fingerprint density at radius 1 is 1.25 bits per heavy atom. The van der Waals surface area contributed by atoms with Crippen molar-refractivity contribution in [3.05, 3.63) is 58.8 Å². The molecule has 1 N–H and O–H groups in total. The first-order chi connectivity index (χ1) is 9.56. The molecule has 0 bridgehead atoms. The molecule has 0 heterocycles. The average molecular weight is 338 g/mol. The fraction of sp³-hybridized carbons (Fsp3) is 0.133. The van der Waals surface area contributed by atoms with E-state index >= 15 is 0 Å². The standard InChI is InChI=1S/C15H13BrFNO2/c1-10(20-12-5-3-2-4-6-12)15(19)18-14-8-7-11(16)9-13(14)17/h2-10H,1H3,(H,18,19). The zero-order valence-corrected chi connectivity index (χ0v) is 12.4. The van der Waals surface area contributed by atoms with Gasteiger partial charge in [0.2, 0.25) is 0 Å². The Hall–Kier alpha value is -1.88. The number of nitrogens with one attached hydrogen (secondary N) is 1. The van der Waals surface area contributed by atoms with Crippen LogP contribution in [0.2, 0.25) is 0 Å². The first-order valence-corrected chi connectivity index (χ1v) is 6.83. The van der Waals surface area contributed by atoms with Crippen molar-refractivity contribution in [2.75, 3.05) is 5.32 Å². The maximum Gasteiger partial charge on any atom is 0.265 e. The first-order valence-electron chi connectivity index (χ1n) is 6.04. The summed E-state index contributed by atoms with van der Waals surface area (Å²) in [4.78, 5) is 11.9. The quantitative estimate of drug-likeness (QED) is 0.915. The van der Waals surface area contributed by atoms with Crippen LogP contribution in [-0.2, 0) is 4.79 Å². The number of hydrogen-bond acceptors (Lipinski definition) is 2. The Morgan fingerprint density at radius 3 is 2.60 bits per heavy atom. The van der Waals surface area contributed by atoms with Crippen LogP contribution in [0.5, 0.6) is 5.75 Å². The van der Waals surface area contributed by atoms with E-state index in [1.54, 1.807) is 25.1 Å². The van der Waals surface area contributed by atoms with Crippen LogP contribution in [-0.4, -0.2) is 12.0 Å². The highest BCUT2D eigenvalue weighted by molar-refractivity contribution is 9.10. The van der Waals surface area contributed by atoms with Crippen molar-refractivity contribution in [3.63, 3.8) is 0 Å². The zero-order valence-electron chi connectivity index (χ0n) is 10.8. The van der Waals surface area contributed by atoms with Gasteiger partial charge in [-0.05, 0) is 37.3 Å². The Bertz CT molecular complexity index is 604. The summed E-state index contributed by atoms with van der Waals surface area (Å²) in [5, 5.41) is 2.50. The number of amides is 1. The lowest BCUT2D eigenvalue weighted by molar-refractivity contribution is -0.122. The second kappa shape index (κ2) is 6.52. The Labute approximate surface area is 124 Å². The summed E-state index contributed by atoms with van der Waals surface area (Å²) in [5.74, 6) is -0.318. The van der Waals surface area contributed by atoms with Gasteiger partial charge in [-0.2, -0.15) is 0 Å². The summed E-state index contributed by atoms with van der Waals surface area (Å²) < 4.78 is 19.7. The Balaban J connectivity index is 2.01. The van der Waals surface area contributed by atoms with E-state index in [2.05, 4.69) is 21.2 Å². The van der Waals surface area contributed by atoms with Gasteiger partial charge in [0.15, 0.2) is 6.10 Å². The van der Waals surface area contributed by atoms with Gasteiger partial charge in [0.25, 0.3) is 5.91 Å². The lowest BCUT2D eigenvalue weighted by Gasteiger charge is -2.15. The van der Waals surface area contributed by atoms with Crippen LogP contribution in [0.15, 0.2) is 53.0 Å². The number of halogens is 2. The summed E-state index contributed by atoms with van der Waals surface area (Å²) >= 11 is 3.16. The van der Waals surface area contributed by atoms with Crippen molar-refractivity contribution in [3.8, 4) is 5.75 Å². The molecule has 2 aromatic rings. The number of rotatable bonds is 4. The van der Waals surface area contributed by atoms with E-state index in [1.165, 1.54) is 12.1 Å². The summed E-state index contributed by atoms with van der Waals surface area (Å²) in [5.41, 5.74) is 0.127. The molecule has 0 spiro atoms. The summed E-state index contributed by atoms with van der Waals surface area (Å²) in [6.45, 7) is 1.61. The molecule has 20 heavy (non-hydrogen) atoms. The van der Waals surface area contributed by atoms with Crippen LogP contribution in [0, 0.1) is 5.82 Å². The van der Waals surface area contributed by atoms with Crippen molar-refractivity contribution in [1.29, 1.82) is 0 Å². The van der Waals surface area contributed by atoms with E-state index in [0.717, 1.165) is 0 Å². The summed E-state index contributed by atoms with van der Waals surface area (Å²) in [7, 11) is 0. The van der Waals surface area contributed by atoms with Gasteiger partial charge < -0.3 is 10.1 Å². The molecule has 104 valence electrons. The van der Waals surface area contributed by atoms with Gasteiger partial charge >= 0.3 is 0 Å². The van der Waals surface area contributed by atoms with Crippen molar-refractivity contribution < 1.29 is 13.9 Å². The average Bonchev–Trinajstić information content (AvgIpc) is 2.43. The predicted octanol–water partition coefficient (Wildman–Crippen LogP) is 3.99. The number of carbonyl (C=O) groups excluding carboxylic acids is 1. The largest absolute Gasteiger partial charge is 0.481 e. The van der Waals surface area contributed by atoms with Crippen LogP contribution in [0.25, 0.3) is 0 Å². The molecular formula is C15H13BrFNO2. The molecular weight excluding hydrogens is 325 g/mol. The van der Waals surface area contributed by atoms with Crippen LogP contribution in [0.1, 0.15) is 6.92 Å². The van der Waals surface area contributed by atoms with E-state index in [0.29, 0.717) is 10.2 Å². The van der Waals surface area contributed by atoms with Crippen molar-refractivity contribution in [1.82, 2.24) is 0 Å². The minimum atomic E-state index is -0.722. The molecule has 0 aliphatic rings. The first kappa shape index (κ1) is 14.5. The van der Waals surface area contributed by atoms with Gasteiger partial charge in [0, 0.05) is 4.47 Å². The molecule has 0 fully saturated rings. The molecule has 1 amide bonds. The smallest absolute Gasteiger partial charge is 0.265 e. The molecule has 0 saturated carbocycles. The molecule has 3 nitrogen and oxygen atoms in total. The number of carbonyl (C=O) groups is 1. The highest BCUT2D eigenvalue weighted by Crippen LogP contribution is 2.20. The molecule has 1 atom stereocenters. The third kappa shape index (κ3) is 3.81. The molecule has 5 heteroatoms. The van der Waals surface area contributed by atoms with Crippen molar-refractivity contribution in [2.45, 2.75) is 13.0 Å². The highest BCUT2D eigenvalue weighted by atomic mass is 79.9. The minimum absolute atomic E-state index is 0.127. The number of benzene rings is 2. The van der Waals surface area contributed by atoms with E-state index < -0.39 is 17.8 Å². The molecule has 0 saturated heterocycles. The summed E-state index contributed by atoms with van der Waals surface area (Å²) in [6.07, 6.45) is -0.722. The van der Waals surface area contributed by atoms with E-state index in [1.807, 2.05) is 18.2 Å². The predicted molar refractivity (Wildman–Crippen MR) is 79.3 cm³/mol. The third-order valence-corrected chi connectivity index (χ3v) is 3.11. The molecule has 2 aromatic carbocycles. The van der Waals surface area contributed by atoms with Crippen LogP contribution < -0.4 is 10.1 Å². The molecule has 0 aliphatic heterocycles. The minimum Gasteiger partial charge on any atom is -0.481 e. The van der Waals surface area contributed by atoms with Crippen LogP contribution >= 0.6 is 15.9 Å². The topological polar surface area (TPSA) is 38.3 Å². The van der Waals surface area contributed by atoms with E-state index in [4.69, 9.17) is 4.74 Å². The lowest BCUT2D eigenvalue weighted by Crippen LogP contribution is -2.30. The van der Waals surface area contributed by atoms with Gasteiger partial charge in [-0.3, -0.25) is 4.79 Å². The van der Waals surface area contributed by atoms with Gasteiger partial charge in [0.1, 0.15) is 11.6 Å². The fourth-order valence-corrected chi connectivity index (χ4v) is 1.92. The van der Waals surface area contributed by atoms with Crippen molar-refractivity contribution in [2.24, 2.45) is 0 Å². The van der Waals surface area contributed by atoms with Crippen LogP contribution in [0.3, 0.4) is 0 Å². The van der Waals surface area contributed by atoms with Gasteiger partial charge in [-0.15, -0.1) is 0 Å². The zero-order chi connectivity index (χ0) is 14.5. The number of hydrogen-bond donors (Lipinski definition) is 1. The lowest BCUT2D eigenvalue weighted by atomic mass is 10.3. The highest BCUT2D eigenvalue weighted by Gasteiger charge is 2.16. The molecule has 0 aromatic heterocycles. The Morgan fingerprint density at radius 2 is 1.95 bits per heavy atom. The number of ether oxygens (including phenoxy) is 1. The SMILES string of the molecule is CC(Oc1ccccc1)C(=O)Nc1ccc(Br)cc1F. The second-order valence-electron chi connectivity index (χ2n) is 4.19. The van der Waals surface area contributed by atoms with Gasteiger partial charge in [-0.1, -0.05) is 34.1 Å². The van der Waals surface area contributed by atoms with Crippen molar-refractivity contribution >= 4 is 27.5 Å². The maximum atomic E-state index is 13.6. The molecule has 0 radical (unpaired) electrons. The number of para-hydroxylation sites is 1. The van der Waals surface area contributed by atoms with E-state index in [-0.39, 0.29) is 5.69 Å².